The Bertz CT molecular complexity index is 344. The maximum atomic E-state index is 12.3. The van der Waals surface area contributed by atoms with Crippen molar-refractivity contribution in [2.45, 2.75) is 12.7 Å². The Balaban J connectivity index is 3.25. The Labute approximate surface area is 79.3 Å². The van der Waals surface area contributed by atoms with Crippen LogP contribution in [0.3, 0.4) is 0 Å². The number of rotatable bonds is 2. The molecule has 14 heavy (non-hydrogen) atoms. The van der Waals surface area contributed by atoms with Crippen molar-refractivity contribution in [3.63, 3.8) is 0 Å². The first-order valence-corrected chi connectivity index (χ1v) is 3.87. The van der Waals surface area contributed by atoms with E-state index in [9.17, 15) is 13.2 Å². The second-order valence-corrected chi connectivity index (χ2v) is 2.67. The van der Waals surface area contributed by atoms with Gasteiger partial charge in [0.25, 0.3) is 0 Å². The normalized spacial score (nSPS) is 11.4. The van der Waals surface area contributed by atoms with Crippen molar-refractivity contribution in [1.82, 2.24) is 4.98 Å². The van der Waals surface area contributed by atoms with Gasteiger partial charge in [0.05, 0.1) is 11.3 Å². The summed E-state index contributed by atoms with van der Waals surface area (Å²) in [5, 5.41) is 0. The molecular formula is C9H9F3N2. The highest BCUT2D eigenvalue weighted by atomic mass is 19.4. The third-order valence-corrected chi connectivity index (χ3v) is 1.75. The molecule has 1 rings (SSSR count). The van der Waals surface area contributed by atoms with Crippen molar-refractivity contribution < 1.29 is 13.2 Å². The number of alkyl halides is 3. The van der Waals surface area contributed by atoms with Gasteiger partial charge < -0.3 is 5.73 Å². The zero-order valence-corrected chi connectivity index (χ0v) is 7.30. The van der Waals surface area contributed by atoms with Crippen LogP contribution in [0.1, 0.15) is 16.8 Å². The Morgan fingerprint density at radius 2 is 2.14 bits per heavy atom. The fourth-order valence-corrected chi connectivity index (χ4v) is 1.05. The van der Waals surface area contributed by atoms with E-state index < -0.39 is 11.7 Å². The number of hydrogen-bond donors (Lipinski definition) is 1. The van der Waals surface area contributed by atoms with Crippen LogP contribution >= 0.6 is 0 Å². The third kappa shape index (κ3) is 2.11. The molecule has 1 aromatic rings. The molecule has 0 unspecified atom stereocenters. The summed E-state index contributed by atoms with van der Waals surface area (Å²) in [4.78, 5) is 3.58. The second kappa shape index (κ2) is 3.79. The summed E-state index contributed by atoms with van der Waals surface area (Å²) in [6.07, 6.45) is -2.25. The Morgan fingerprint density at radius 3 is 2.57 bits per heavy atom. The summed E-state index contributed by atoms with van der Waals surface area (Å²) < 4.78 is 37.0. The van der Waals surface area contributed by atoms with Gasteiger partial charge in [-0.2, -0.15) is 13.2 Å². The minimum atomic E-state index is -4.40. The van der Waals surface area contributed by atoms with E-state index in [4.69, 9.17) is 5.73 Å². The third-order valence-electron chi connectivity index (χ3n) is 1.75. The number of aromatic nitrogens is 1. The van der Waals surface area contributed by atoms with Crippen molar-refractivity contribution >= 4 is 6.08 Å². The Morgan fingerprint density at radius 1 is 1.50 bits per heavy atom. The topological polar surface area (TPSA) is 38.9 Å². The van der Waals surface area contributed by atoms with Crippen LogP contribution in [0.15, 0.2) is 18.8 Å². The van der Waals surface area contributed by atoms with E-state index >= 15 is 0 Å². The lowest BCUT2D eigenvalue weighted by molar-refractivity contribution is -0.138. The van der Waals surface area contributed by atoms with Gasteiger partial charge in [-0.1, -0.05) is 6.58 Å². The first-order chi connectivity index (χ1) is 6.49. The Kier molecular flexibility index (Phi) is 2.90. The van der Waals surface area contributed by atoms with Gasteiger partial charge in [0.2, 0.25) is 0 Å². The average Bonchev–Trinajstić information content (AvgIpc) is 2.15. The molecule has 0 aliphatic carbocycles. The smallest absolute Gasteiger partial charge is 0.326 e. The van der Waals surface area contributed by atoms with E-state index in [2.05, 4.69) is 11.6 Å². The van der Waals surface area contributed by atoms with Gasteiger partial charge in [-0.25, -0.2) is 0 Å². The number of halogens is 3. The number of nitrogens with zero attached hydrogens (tertiary/aromatic N) is 1. The van der Waals surface area contributed by atoms with Crippen LogP contribution in [0.2, 0.25) is 0 Å². The van der Waals surface area contributed by atoms with Crippen LogP contribution in [-0.2, 0) is 12.7 Å². The number of pyridine rings is 1. The fraction of sp³-hybridized carbons (Fsp3) is 0.222. The molecule has 2 nitrogen and oxygen atoms in total. The minimum Gasteiger partial charge on any atom is -0.326 e. The van der Waals surface area contributed by atoms with E-state index in [0.29, 0.717) is 5.69 Å². The van der Waals surface area contributed by atoms with Crippen molar-refractivity contribution in [2.75, 3.05) is 0 Å². The molecule has 0 aliphatic rings. The molecule has 0 saturated heterocycles. The van der Waals surface area contributed by atoms with Crippen molar-refractivity contribution in [1.29, 1.82) is 0 Å². The van der Waals surface area contributed by atoms with Crippen LogP contribution in [0.5, 0.6) is 0 Å². The number of hydrogen-bond acceptors (Lipinski definition) is 2. The van der Waals surface area contributed by atoms with Crippen LogP contribution < -0.4 is 5.73 Å². The zero-order chi connectivity index (χ0) is 10.8. The van der Waals surface area contributed by atoms with Gasteiger partial charge in [0.1, 0.15) is 0 Å². The fourth-order valence-electron chi connectivity index (χ4n) is 1.05. The lowest BCUT2D eigenvalue weighted by Gasteiger charge is -2.11. The molecule has 76 valence electrons. The average molecular weight is 202 g/mol. The highest BCUT2D eigenvalue weighted by Crippen LogP contribution is 2.31. The molecular weight excluding hydrogens is 193 g/mol. The summed E-state index contributed by atoms with van der Waals surface area (Å²) >= 11 is 0. The van der Waals surface area contributed by atoms with E-state index in [1.807, 2.05) is 0 Å². The van der Waals surface area contributed by atoms with Gasteiger partial charge in [0.15, 0.2) is 0 Å². The monoisotopic (exact) mass is 202 g/mol. The van der Waals surface area contributed by atoms with Crippen LogP contribution in [0.25, 0.3) is 6.08 Å². The van der Waals surface area contributed by atoms with E-state index in [0.717, 1.165) is 6.20 Å². The SMILES string of the molecule is C=Cc1cc(CN)c(C(F)(F)F)cn1. The molecule has 1 heterocycles. The molecule has 0 aromatic carbocycles. The van der Waals surface area contributed by atoms with Gasteiger partial charge in [0, 0.05) is 12.7 Å². The van der Waals surface area contributed by atoms with Gasteiger partial charge in [-0.3, -0.25) is 4.98 Å². The predicted octanol–water partition coefficient (Wildman–Crippen LogP) is 2.20. The summed E-state index contributed by atoms with van der Waals surface area (Å²) in [6, 6.07) is 1.29. The first-order valence-electron chi connectivity index (χ1n) is 3.87. The van der Waals surface area contributed by atoms with Crippen molar-refractivity contribution in [2.24, 2.45) is 5.73 Å². The van der Waals surface area contributed by atoms with E-state index in [-0.39, 0.29) is 12.1 Å². The van der Waals surface area contributed by atoms with E-state index in [1.165, 1.54) is 12.1 Å². The molecule has 0 fully saturated rings. The van der Waals surface area contributed by atoms with Crippen LogP contribution in [-0.4, -0.2) is 4.98 Å². The quantitative estimate of drug-likeness (QED) is 0.798. The van der Waals surface area contributed by atoms with E-state index in [1.54, 1.807) is 0 Å². The molecule has 0 radical (unpaired) electrons. The van der Waals surface area contributed by atoms with Gasteiger partial charge in [-0.05, 0) is 17.7 Å². The molecule has 5 heteroatoms. The lowest BCUT2D eigenvalue weighted by Crippen LogP contribution is -2.12. The van der Waals surface area contributed by atoms with Gasteiger partial charge in [-0.15, -0.1) is 0 Å². The summed E-state index contributed by atoms with van der Waals surface area (Å²) in [5.74, 6) is 0. The maximum Gasteiger partial charge on any atom is 0.418 e. The van der Waals surface area contributed by atoms with Crippen LogP contribution in [0, 0.1) is 0 Å². The maximum absolute atomic E-state index is 12.3. The lowest BCUT2D eigenvalue weighted by atomic mass is 10.1. The highest BCUT2D eigenvalue weighted by Gasteiger charge is 2.33. The molecule has 0 atom stereocenters. The second-order valence-electron chi connectivity index (χ2n) is 2.67. The van der Waals surface area contributed by atoms with Crippen molar-refractivity contribution in [3.8, 4) is 0 Å². The first kappa shape index (κ1) is 10.7. The summed E-state index contributed by atoms with van der Waals surface area (Å²) in [6.45, 7) is 3.25. The highest BCUT2D eigenvalue weighted by molar-refractivity contribution is 5.44. The summed E-state index contributed by atoms with van der Waals surface area (Å²) in [5.41, 5.74) is 4.84. The zero-order valence-electron chi connectivity index (χ0n) is 7.30. The molecule has 0 amide bonds. The predicted molar refractivity (Wildman–Crippen MR) is 47.2 cm³/mol. The standard InChI is InChI=1S/C9H9F3N2/c1-2-7-3-6(4-13)8(5-14-7)9(10,11)12/h2-3,5H,1,4,13H2. The molecule has 0 saturated carbocycles. The Hall–Kier alpha value is -1.36. The molecule has 0 aliphatic heterocycles. The molecule has 1 aromatic heterocycles. The summed E-state index contributed by atoms with van der Waals surface area (Å²) in [7, 11) is 0. The molecule has 0 spiro atoms. The molecule has 2 N–H and O–H groups in total. The number of nitrogens with two attached hydrogens (primary N) is 1. The minimum absolute atomic E-state index is 0.0300. The largest absolute Gasteiger partial charge is 0.418 e. The molecule has 0 bridgehead atoms. The van der Waals surface area contributed by atoms with Gasteiger partial charge >= 0.3 is 6.18 Å². The van der Waals surface area contributed by atoms with Crippen LogP contribution in [0.4, 0.5) is 13.2 Å². The van der Waals surface area contributed by atoms with Crippen molar-refractivity contribution in [3.05, 3.63) is 35.7 Å².